The molecule has 1 heterocycles. The summed E-state index contributed by atoms with van der Waals surface area (Å²) in [4.78, 5) is 0. The van der Waals surface area contributed by atoms with Gasteiger partial charge in [-0.3, -0.25) is 0 Å². The summed E-state index contributed by atoms with van der Waals surface area (Å²) in [6.07, 6.45) is 2.26. The van der Waals surface area contributed by atoms with Crippen molar-refractivity contribution in [3.63, 3.8) is 0 Å². The summed E-state index contributed by atoms with van der Waals surface area (Å²) < 4.78 is 0. The van der Waals surface area contributed by atoms with Crippen molar-refractivity contribution in [3.05, 3.63) is 34.9 Å². The number of aryl methyl sites for hydroxylation is 1. The summed E-state index contributed by atoms with van der Waals surface area (Å²) in [6.45, 7) is 1.90. The van der Waals surface area contributed by atoms with Gasteiger partial charge in [0.1, 0.15) is 0 Å². The fourth-order valence-electron chi connectivity index (χ4n) is 1.80. The van der Waals surface area contributed by atoms with E-state index in [9.17, 15) is 0 Å². The molecule has 1 aromatic carbocycles. The van der Waals surface area contributed by atoms with Crippen LogP contribution in [0.5, 0.6) is 0 Å². The fourth-order valence-corrected chi connectivity index (χ4v) is 1.80. The summed E-state index contributed by atoms with van der Waals surface area (Å²) in [6, 6.07) is 8.24. The number of hydrogen-bond donors (Lipinski definition) is 1. The van der Waals surface area contributed by atoms with Crippen LogP contribution in [0, 0.1) is 11.3 Å². The molecule has 66 valence electrons. The lowest BCUT2D eigenvalue weighted by atomic mass is 9.99. The SMILES string of the molecule is N#Cc1cccc2c1CNCCC2. The molecule has 0 aromatic heterocycles. The van der Waals surface area contributed by atoms with Gasteiger partial charge in [0.2, 0.25) is 0 Å². The molecule has 0 aliphatic carbocycles. The summed E-state index contributed by atoms with van der Waals surface area (Å²) in [7, 11) is 0. The second-order valence-corrected chi connectivity index (χ2v) is 3.34. The molecule has 0 amide bonds. The monoisotopic (exact) mass is 172 g/mol. The minimum Gasteiger partial charge on any atom is -0.313 e. The van der Waals surface area contributed by atoms with Gasteiger partial charge in [-0.25, -0.2) is 0 Å². The first-order valence-electron chi connectivity index (χ1n) is 4.63. The smallest absolute Gasteiger partial charge is 0.0995 e. The molecule has 0 atom stereocenters. The van der Waals surface area contributed by atoms with Crippen LogP contribution in [0.1, 0.15) is 23.1 Å². The molecule has 0 unspecified atom stereocenters. The molecule has 0 radical (unpaired) electrons. The quantitative estimate of drug-likeness (QED) is 0.645. The van der Waals surface area contributed by atoms with Crippen molar-refractivity contribution in [2.24, 2.45) is 0 Å². The van der Waals surface area contributed by atoms with Gasteiger partial charge in [0.15, 0.2) is 0 Å². The maximum Gasteiger partial charge on any atom is 0.0995 e. The van der Waals surface area contributed by atoms with Gasteiger partial charge >= 0.3 is 0 Å². The molecule has 0 fully saturated rings. The molecule has 2 nitrogen and oxygen atoms in total. The number of nitrogens with one attached hydrogen (secondary N) is 1. The van der Waals surface area contributed by atoms with Crippen molar-refractivity contribution < 1.29 is 0 Å². The van der Waals surface area contributed by atoms with Crippen molar-refractivity contribution in [1.29, 1.82) is 5.26 Å². The Morgan fingerprint density at radius 3 is 3.15 bits per heavy atom. The average Bonchev–Trinajstić information content (AvgIpc) is 2.41. The zero-order chi connectivity index (χ0) is 9.10. The molecule has 1 N–H and O–H groups in total. The van der Waals surface area contributed by atoms with Crippen LogP contribution in [0.15, 0.2) is 18.2 Å². The summed E-state index contributed by atoms with van der Waals surface area (Å²) in [5.41, 5.74) is 3.36. The van der Waals surface area contributed by atoms with Crippen LogP contribution in [0.2, 0.25) is 0 Å². The van der Waals surface area contributed by atoms with E-state index in [1.807, 2.05) is 12.1 Å². The minimum atomic E-state index is 0.826. The number of fused-ring (bicyclic) bond motifs is 1. The Kier molecular flexibility index (Phi) is 2.29. The molecular formula is C11H12N2. The van der Waals surface area contributed by atoms with Crippen molar-refractivity contribution in [3.8, 4) is 6.07 Å². The third-order valence-electron chi connectivity index (χ3n) is 2.49. The number of benzene rings is 1. The lowest BCUT2D eigenvalue weighted by molar-refractivity contribution is 0.680. The maximum absolute atomic E-state index is 8.91. The molecule has 0 bridgehead atoms. The van der Waals surface area contributed by atoms with Crippen LogP contribution in [-0.2, 0) is 13.0 Å². The normalized spacial score (nSPS) is 15.6. The van der Waals surface area contributed by atoms with Gasteiger partial charge in [-0.15, -0.1) is 0 Å². The van der Waals surface area contributed by atoms with E-state index in [0.717, 1.165) is 25.1 Å². The third-order valence-corrected chi connectivity index (χ3v) is 2.49. The zero-order valence-corrected chi connectivity index (χ0v) is 7.51. The molecule has 0 saturated heterocycles. The predicted molar refractivity (Wildman–Crippen MR) is 51.2 cm³/mol. The van der Waals surface area contributed by atoms with Crippen LogP contribution in [0.4, 0.5) is 0 Å². The highest BCUT2D eigenvalue weighted by Gasteiger charge is 2.10. The Bertz CT molecular complexity index is 350. The standard InChI is InChI=1S/C11H12N2/c12-7-10-4-1-3-9-5-2-6-13-8-11(9)10/h1,3-4,13H,2,5-6,8H2. The van der Waals surface area contributed by atoms with Crippen LogP contribution >= 0.6 is 0 Å². The number of hydrogen-bond acceptors (Lipinski definition) is 2. The van der Waals surface area contributed by atoms with Gasteiger partial charge in [-0.05, 0) is 36.6 Å². The fraction of sp³-hybridized carbons (Fsp3) is 0.364. The topological polar surface area (TPSA) is 35.8 Å². The molecule has 1 aliphatic rings. The summed E-state index contributed by atoms with van der Waals surface area (Å²) in [5.74, 6) is 0. The number of nitriles is 1. The average molecular weight is 172 g/mol. The van der Waals surface area contributed by atoms with Gasteiger partial charge < -0.3 is 5.32 Å². The lowest BCUT2D eigenvalue weighted by Crippen LogP contribution is -2.12. The Morgan fingerprint density at radius 1 is 1.38 bits per heavy atom. The van der Waals surface area contributed by atoms with E-state index < -0.39 is 0 Å². The van der Waals surface area contributed by atoms with Crippen molar-refractivity contribution in [2.45, 2.75) is 19.4 Å². The molecule has 2 rings (SSSR count). The van der Waals surface area contributed by atoms with E-state index in [2.05, 4.69) is 17.5 Å². The first kappa shape index (κ1) is 8.28. The van der Waals surface area contributed by atoms with E-state index >= 15 is 0 Å². The molecule has 2 heteroatoms. The molecular weight excluding hydrogens is 160 g/mol. The van der Waals surface area contributed by atoms with E-state index in [1.165, 1.54) is 17.5 Å². The molecule has 0 saturated carbocycles. The number of rotatable bonds is 0. The van der Waals surface area contributed by atoms with Gasteiger partial charge in [-0.2, -0.15) is 5.26 Å². The molecule has 1 aromatic rings. The zero-order valence-electron chi connectivity index (χ0n) is 7.51. The highest BCUT2D eigenvalue weighted by atomic mass is 14.8. The summed E-state index contributed by atoms with van der Waals surface area (Å²) >= 11 is 0. The van der Waals surface area contributed by atoms with E-state index in [1.54, 1.807) is 0 Å². The predicted octanol–water partition coefficient (Wildman–Crippen LogP) is 1.59. The first-order valence-corrected chi connectivity index (χ1v) is 4.63. The Balaban J connectivity index is 2.47. The van der Waals surface area contributed by atoms with Crippen LogP contribution in [0.25, 0.3) is 0 Å². The van der Waals surface area contributed by atoms with Crippen LogP contribution < -0.4 is 5.32 Å². The highest BCUT2D eigenvalue weighted by molar-refractivity contribution is 5.43. The minimum absolute atomic E-state index is 0.826. The summed E-state index contributed by atoms with van der Waals surface area (Å²) in [5, 5.41) is 12.2. The number of nitrogens with zero attached hydrogens (tertiary/aromatic N) is 1. The largest absolute Gasteiger partial charge is 0.313 e. The third kappa shape index (κ3) is 1.56. The first-order chi connectivity index (χ1) is 6.42. The van der Waals surface area contributed by atoms with Gasteiger partial charge in [0.25, 0.3) is 0 Å². The second-order valence-electron chi connectivity index (χ2n) is 3.34. The van der Waals surface area contributed by atoms with Crippen molar-refractivity contribution >= 4 is 0 Å². The van der Waals surface area contributed by atoms with Crippen LogP contribution in [-0.4, -0.2) is 6.54 Å². The van der Waals surface area contributed by atoms with E-state index in [-0.39, 0.29) is 0 Å². The van der Waals surface area contributed by atoms with Gasteiger partial charge in [-0.1, -0.05) is 12.1 Å². The highest BCUT2D eigenvalue weighted by Crippen LogP contribution is 2.17. The van der Waals surface area contributed by atoms with Crippen molar-refractivity contribution in [1.82, 2.24) is 5.32 Å². The van der Waals surface area contributed by atoms with E-state index in [4.69, 9.17) is 5.26 Å². The molecule has 13 heavy (non-hydrogen) atoms. The van der Waals surface area contributed by atoms with E-state index in [0.29, 0.717) is 0 Å². The molecule has 1 aliphatic heterocycles. The Labute approximate surface area is 78.2 Å². The Hall–Kier alpha value is -1.33. The lowest BCUT2D eigenvalue weighted by Gasteiger charge is -2.06. The van der Waals surface area contributed by atoms with Crippen LogP contribution in [0.3, 0.4) is 0 Å². The second kappa shape index (κ2) is 3.59. The molecule has 0 spiro atoms. The maximum atomic E-state index is 8.91. The Morgan fingerprint density at radius 2 is 2.31 bits per heavy atom. The van der Waals surface area contributed by atoms with Crippen molar-refractivity contribution in [2.75, 3.05) is 6.54 Å². The van der Waals surface area contributed by atoms with Gasteiger partial charge in [0, 0.05) is 6.54 Å². The van der Waals surface area contributed by atoms with Gasteiger partial charge in [0.05, 0.1) is 11.6 Å².